The Balaban J connectivity index is 1.39. The zero-order chi connectivity index (χ0) is 30.9. The van der Waals surface area contributed by atoms with Crippen LogP contribution in [0, 0.1) is 11.8 Å². The first-order valence-electron chi connectivity index (χ1n) is 15.0. The summed E-state index contributed by atoms with van der Waals surface area (Å²) in [5.74, 6) is 6.01. The van der Waals surface area contributed by atoms with Crippen LogP contribution in [0.3, 0.4) is 0 Å². The van der Waals surface area contributed by atoms with Gasteiger partial charge in [0, 0.05) is 13.0 Å². The zero-order valence-corrected chi connectivity index (χ0v) is 27.3. The van der Waals surface area contributed by atoms with Crippen LogP contribution < -0.4 is 15.1 Å². The van der Waals surface area contributed by atoms with Crippen LogP contribution in [0.1, 0.15) is 53.0 Å². The van der Waals surface area contributed by atoms with E-state index in [4.69, 9.17) is 23.4 Å². The molecule has 0 amide bonds. The van der Waals surface area contributed by atoms with Crippen LogP contribution >= 0.6 is 0 Å². The maximum absolute atomic E-state index is 11.0. The smallest absolute Gasteiger partial charge is 0.261 e. The highest BCUT2D eigenvalue weighted by atomic mass is 28.4. The van der Waals surface area contributed by atoms with Crippen molar-refractivity contribution in [3.63, 3.8) is 0 Å². The fraction of sp³-hybridized carbons (Fsp3) is 0.444. The summed E-state index contributed by atoms with van der Waals surface area (Å²) in [6.45, 7) is 12.0. The second-order valence-electron chi connectivity index (χ2n) is 12.4. The SMILES string of the molecule is COc1ccc(COCCC#CC(O)[C@H]2OC(C)(C)O[C@H]2CCO[Si](c2ccccc2)(c2ccccc2)C(C)(C)C)cc1. The summed E-state index contributed by atoms with van der Waals surface area (Å²) in [5, 5.41) is 13.4. The molecule has 7 heteroatoms. The number of hydrogen-bond donors (Lipinski definition) is 1. The molecular weight excluding hydrogens is 556 g/mol. The zero-order valence-electron chi connectivity index (χ0n) is 26.3. The highest BCUT2D eigenvalue weighted by molar-refractivity contribution is 6.99. The number of ether oxygens (including phenoxy) is 4. The molecule has 4 rings (SSSR count). The summed E-state index contributed by atoms with van der Waals surface area (Å²) >= 11 is 0. The van der Waals surface area contributed by atoms with Gasteiger partial charge in [0.2, 0.25) is 0 Å². The van der Waals surface area contributed by atoms with Crippen molar-refractivity contribution in [1.29, 1.82) is 0 Å². The van der Waals surface area contributed by atoms with E-state index in [2.05, 4.69) is 81.1 Å². The normalized spacial score (nSPS) is 19.0. The molecule has 0 bridgehead atoms. The van der Waals surface area contributed by atoms with Gasteiger partial charge in [0.25, 0.3) is 8.32 Å². The van der Waals surface area contributed by atoms with Crippen LogP contribution in [0.5, 0.6) is 5.75 Å². The molecule has 3 atom stereocenters. The molecule has 6 nitrogen and oxygen atoms in total. The maximum Gasteiger partial charge on any atom is 0.261 e. The van der Waals surface area contributed by atoms with Crippen LogP contribution in [0.4, 0.5) is 0 Å². The number of aliphatic hydroxyl groups is 1. The fourth-order valence-corrected chi connectivity index (χ4v) is 10.3. The maximum atomic E-state index is 11.0. The third-order valence-corrected chi connectivity index (χ3v) is 12.8. The van der Waals surface area contributed by atoms with Gasteiger partial charge in [-0.1, -0.05) is 105 Å². The molecule has 0 spiro atoms. The van der Waals surface area contributed by atoms with Gasteiger partial charge in [0.15, 0.2) is 5.79 Å². The number of aliphatic hydroxyl groups excluding tert-OH is 1. The van der Waals surface area contributed by atoms with E-state index in [0.717, 1.165) is 11.3 Å². The van der Waals surface area contributed by atoms with Crippen LogP contribution in [0.15, 0.2) is 84.9 Å². The second-order valence-corrected chi connectivity index (χ2v) is 16.7. The molecule has 3 aromatic carbocycles. The first kappa shape index (κ1) is 32.9. The second kappa shape index (κ2) is 14.7. The van der Waals surface area contributed by atoms with Gasteiger partial charge in [-0.3, -0.25) is 0 Å². The van der Waals surface area contributed by atoms with Crippen molar-refractivity contribution in [1.82, 2.24) is 0 Å². The number of hydrogen-bond acceptors (Lipinski definition) is 6. The lowest BCUT2D eigenvalue weighted by Crippen LogP contribution is -2.66. The van der Waals surface area contributed by atoms with Crippen LogP contribution in [0.2, 0.25) is 5.04 Å². The molecule has 3 aromatic rings. The molecule has 0 radical (unpaired) electrons. The number of methoxy groups -OCH3 is 1. The average molecular weight is 603 g/mol. The Morgan fingerprint density at radius 3 is 2.05 bits per heavy atom. The van der Waals surface area contributed by atoms with Crippen molar-refractivity contribution < 1.29 is 28.5 Å². The van der Waals surface area contributed by atoms with Gasteiger partial charge in [-0.15, -0.1) is 0 Å². The third-order valence-electron chi connectivity index (χ3n) is 7.72. The number of benzene rings is 3. The van der Waals surface area contributed by atoms with E-state index in [0.29, 0.717) is 32.7 Å². The summed E-state index contributed by atoms with van der Waals surface area (Å²) in [6.07, 6.45) is -0.843. The molecule has 1 fully saturated rings. The molecule has 0 saturated carbocycles. The monoisotopic (exact) mass is 602 g/mol. The summed E-state index contributed by atoms with van der Waals surface area (Å²) in [7, 11) is -1.03. The highest BCUT2D eigenvalue weighted by Gasteiger charge is 2.51. The summed E-state index contributed by atoms with van der Waals surface area (Å²) in [6, 6.07) is 28.9. The van der Waals surface area contributed by atoms with Crippen molar-refractivity contribution in [3.05, 3.63) is 90.5 Å². The topological polar surface area (TPSA) is 66.4 Å². The average Bonchev–Trinajstić information content (AvgIpc) is 3.31. The number of rotatable bonds is 12. The van der Waals surface area contributed by atoms with E-state index in [1.807, 2.05) is 50.2 Å². The molecule has 1 unspecified atom stereocenters. The molecule has 1 saturated heterocycles. The van der Waals surface area contributed by atoms with Gasteiger partial charge < -0.3 is 28.5 Å². The van der Waals surface area contributed by atoms with Crippen molar-refractivity contribution in [2.75, 3.05) is 20.3 Å². The Labute approximate surface area is 258 Å². The van der Waals surface area contributed by atoms with Gasteiger partial charge in [-0.05, 0) is 53.4 Å². The lowest BCUT2D eigenvalue weighted by atomic mass is 10.1. The molecule has 0 aliphatic carbocycles. The Hall–Kier alpha value is -2.96. The summed E-state index contributed by atoms with van der Waals surface area (Å²) in [5.41, 5.74) is 1.07. The van der Waals surface area contributed by atoms with E-state index < -0.39 is 26.3 Å². The van der Waals surface area contributed by atoms with Gasteiger partial charge >= 0.3 is 0 Å². The van der Waals surface area contributed by atoms with Gasteiger partial charge in [0.1, 0.15) is 18.0 Å². The molecular formula is C36H46O6Si. The Morgan fingerprint density at radius 1 is 0.884 bits per heavy atom. The lowest BCUT2D eigenvalue weighted by Gasteiger charge is -2.43. The highest BCUT2D eigenvalue weighted by Crippen LogP contribution is 2.38. The molecule has 43 heavy (non-hydrogen) atoms. The first-order chi connectivity index (χ1) is 20.6. The minimum Gasteiger partial charge on any atom is -0.497 e. The largest absolute Gasteiger partial charge is 0.497 e. The predicted molar refractivity (Wildman–Crippen MR) is 173 cm³/mol. The molecule has 1 heterocycles. The Morgan fingerprint density at radius 2 is 1.49 bits per heavy atom. The van der Waals surface area contributed by atoms with Gasteiger partial charge in [-0.2, -0.15) is 0 Å². The third kappa shape index (κ3) is 8.36. The van der Waals surface area contributed by atoms with Crippen LogP contribution in [0.25, 0.3) is 0 Å². The lowest BCUT2D eigenvalue weighted by molar-refractivity contribution is -0.152. The first-order valence-corrected chi connectivity index (χ1v) is 16.9. The van der Waals surface area contributed by atoms with Crippen molar-refractivity contribution >= 4 is 18.7 Å². The van der Waals surface area contributed by atoms with E-state index in [1.54, 1.807) is 7.11 Å². The van der Waals surface area contributed by atoms with Crippen molar-refractivity contribution in [2.45, 2.75) is 83.2 Å². The minimum absolute atomic E-state index is 0.123. The van der Waals surface area contributed by atoms with Crippen molar-refractivity contribution in [3.8, 4) is 17.6 Å². The fourth-order valence-electron chi connectivity index (χ4n) is 5.74. The predicted octanol–water partition coefficient (Wildman–Crippen LogP) is 5.45. The van der Waals surface area contributed by atoms with Gasteiger partial charge in [0.05, 0.1) is 26.4 Å². The molecule has 230 valence electrons. The van der Waals surface area contributed by atoms with Crippen LogP contribution in [-0.2, 0) is 25.2 Å². The van der Waals surface area contributed by atoms with Gasteiger partial charge in [-0.25, -0.2) is 0 Å². The van der Waals surface area contributed by atoms with E-state index in [-0.39, 0.29) is 11.1 Å². The summed E-state index contributed by atoms with van der Waals surface area (Å²) < 4.78 is 30.4. The standard InChI is InChI=1S/C36H46O6Si/c1-35(2,3)43(30-15-9-7-10-16-30,31-17-11-8-12-18-31)40-26-24-33-34(42-36(4,5)41-33)32(37)19-13-14-25-39-27-28-20-22-29(38-6)23-21-28/h7-12,15-18,20-23,32-34,37H,14,24-27H2,1-6H3/t32?,33-,34+/m0/s1. The Kier molecular flexibility index (Phi) is 11.2. The van der Waals surface area contributed by atoms with E-state index >= 15 is 0 Å². The van der Waals surface area contributed by atoms with E-state index in [9.17, 15) is 5.11 Å². The quantitative estimate of drug-likeness (QED) is 0.169. The molecule has 1 N–H and O–H groups in total. The van der Waals surface area contributed by atoms with Crippen molar-refractivity contribution in [2.24, 2.45) is 0 Å². The summed E-state index contributed by atoms with van der Waals surface area (Å²) in [4.78, 5) is 0. The molecule has 1 aliphatic rings. The molecule has 1 aliphatic heterocycles. The molecule has 0 aromatic heterocycles. The minimum atomic E-state index is -2.68. The Bertz CT molecular complexity index is 1290. The van der Waals surface area contributed by atoms with E-state index in [1.165, 1.54) is 10.4 Å². The van der Waals surface area contributed by atoms with Crippen LogP contribution in [-0.4, -0.2) is 57.8 Å².